The van der Waals surface area contributed by atoms with E-state index >= 15 is 0 Å². The molecule has 0 aliphatic rings. The molecule has 1 amide bonds. The average Bonchev–Trinajstić information content (AvgIpc) is 2.51. The summed E-state index contributed by atoms with van der Waals surface area (Å²) in [6.07, 6.45) is 1.62. The van der Waals surface area contributed by atoms with Gasteiger partial charge in [0.1, 0.15) is 0 Å². The largest absolute Gasteiger partial charge is 0.272 e. The van der Waals surface area contributed by atoms with Crippen LogP contribution in [0.4, 0.5) is 0 Å². The Kier molecular flexibility index (Phi) is 6.96. The Morgan fingerprint density at radius 2 is 1.86 bits per heavy atom. The van der Waals surface area contributed by atoms with Gasteiger partial charge in [0.25, 0.3) is 0 Å². The molecule has 0 unspecified atom stereocenters. The van der Waals surface area contributed by atoms with E-state index in [-0.39, 0.29) is 5.91 Å². The molecule has 0 aliphatic carbocycles. The van der Waals surface area contributed by atoms with Crippen LogP contribution in [0.25, 0.3) is 0 Å². The lowest BCUT2D eigenvalue weighted by molar-refractivity contribution is -0.118. The van der Waals surface area contributed by atoms with E-state index in [1.54, 1.807) is 6.21 Å². The lowest BCUT2D eigenvalue weighted by Gasteiger charge is -2.02. The number of halogens is 2. The van der Waals surface area contributed by atoms with Crippen LogP contribution in [0.1, 0.15) is 11.1 Å². The van der Waals surface area contributed by atoms with Crippen molar-refractivity contribution in [3.8, 4) is 0 Å². The number of carbonyl (C=O) groups is 1. The van der Waals surface area contributed by atoms with Crippen molar-refractivity contribution in [2.24, 2.45) is 5.10 Å². The van der Waals surface area contributed by atoms with Crippen LogP contribution >= 0.6 is 39.3 Å². The number of hydrogen-bond acceptors (Lipinski definition) is 3. The Bertz CT molecular complexity index is 644. The van der Waals surface area contributed by atoms with Crippen molar-refractivity contribution in [1.82, 2.24) is 5.43 Å². The average molecular weight is 398 g/mol. The first-order valence-electron chi connectivity index (χ1n) is 6.53. The van der Waals surface area contributed by atoms with Gasteiger partial charge in [-0.3, -0.25) is 4.79 Å². The van der Waals surface area contributed by atoms with E-state index in [4.69, 9.17) is 11.6 Å². The molecule has 22 heavy (non-hydrogen) atoms. The Morgan fingerprint density at radius 3 is 2.55 bits per heavy atom. The number of amides is 1. The number of carbonyl (C=O) groups excluding carboxylic acids is 1. The molecule has 1 N–H and O–H groups in total. The molecule has 2 rings (SSSR count). The van der Waals surface area contributed by atoms with Crippen LogP contribution in [0.2, 0.25) is 5.02 Å². The minimum absolute atomic E-state index is 0.118. The third kappa shape index (κ3) is 6.22. The van der Waals surface area contributed by atoms with Gasteiger partial charge in [0.2, 0.25) is 5.91 Å². The number of rotatable bonds is 6. The van der Waals surface area contributed by atoms with Gasteiger partial charge in [-0.15, -0.1) is 11.8 Å². The molecule has 0 saturated carbocycles. The summed E-state index contributed by atoms with van der Waals surface area (Å²) in [6, 6.07) is 15.3. The van der Waals surface area contributed by atoms with Crippen LogP contribution in [0, 0.1) is 0 Å². The standard InChI is InChI=1S/C16H14BrClN2OS/c17-14-5-1-12(2-6-14)9-19-20-16(21)11-22-10-13-3-7-15(18)8-4-13/h1-9H,10-11H2,(H,20,21). The summed E-state index contributed by atoms with van der Waals surface area (Å²) in [5, 5.41) is 4.65. The molecule has 0 fully saturated rings. The summed E-state index contributed by atoms with van der Waals surface area (Å²) in [5.41, 5.74) is 4.59. The van der Waals surface area contributed by atoms with Gasteiger partial charge in [-0.2, -0.15) is 5.10 Å². The fourth-order valence-electron chi connectivity index (χ4n) is 1.60. The molecule has 0 saturated heterocycles. The van der Waals surface area contributed by atoms with Crippen LogP contribution in [0.5, 0.6) is 0 Å². The Balaban J connectivity index is 1.69. The van der Waals surface area contributed by atoms with Gasteiger partial charge in [-0.1, -0.05) is 51.8 Å². The zero-order chi connectivity index (χ0) is 15.8. The predicted octanol–water partition coefficient (Wildman–Crippen LogP) is 4.49. The molecule has 0 aliphatic heterocycles. The number of hydrogen-bond donors (Lipinski definition) is 1. The summed E-state index contributed by atoms with van der Waals surface area (Å²) >= 11 is 10.7. The van der Waals surface area contributed by atoms with E-state index in [0.717, 1.165) is 21.4 Å². The molecule has 0 aromatic heterocycles. The first-order valence-corrected chi connectivity index (χ1v) is 8.86. The van der Waals surface area contributed by atoms with Gasteiger partial charge in [0, 0.05) is 15.2 Å². The molecule has 2 aromatic rings. The Labute approximate surface area is 147 Å². The second kappa shape index (κ2) is 8.98. The van der Waals surface area contributed by atoms with Crippen molar-refractivity contribution in [1.29, 1.82) is 0 Å². The molecule has 0 radical (unpaired) electrons. The summed E-state index contributed by atoms with van der Waals surface area (Å²) < 4.78 is 1.01. The molecule has 6 heteroatoms. The second-order valence-corrected chi connectivity index (χ2v) is 6.80. The van der Waals surface area contributed by atoms with E-state index in [1.807, 2.05) is 48.5 Å². The van der Waals surface area contributed by atoms with Gasteiger partial charge in [-0.25, -0.2) is 5.43 Å². The second-order valence-electron chi connectivity index (χ2n) is 4.46. The molecule has 114 valence electrons. The minimum atomic E-state index is -0.118. The van der Waals surface area contributed by atoms with Crippen molar-refractivity contribution in [3.05, 3.63) is 69.2 Å². The highest BCUT2D eigenvalue weighted by Crippen LogP contribution is 2.15. The molecule has 0 heterocycles. The van der Waals surface area contributed by atoms with E-state index in [1.165, 1.54) is 11.8 Å². The van der Waals surface area contributed by atoms with Crippen molar-refractivity contribution < 1.29 is 4.79 Å². The molecule has 2 aromatic carbocycles. The Morgan fingerprint density at radius 1 is 1.18 bits per heavy atom. The Hall–Kier alpha value is -1.30. The van der Waals surface area contributed by atoms with Gasteiger partial charge < -0.3 is 0 Å². The minimum Gasteiger partial charge on any atom is -0.272 e. The maximum atomic E-state index is 11.7. The molecular weight excluding hydrogens is 384 g/mol. The fraction of sp³-hybridized carbons (Fsp3) is 0.125. The van der Waals surface area contributed by atoms with Crippen molar-refractivity contribution in [3.63, 3.8) is 0 Å². The summed E-state index contributed by atoms with van der Waals surface area (Å²) in [4.78, 5) is 11.7. The number of hydrazone groups is 1. The van der Waals surface area contributed by atoms with Gasteiger partial charge in [0.05, 0.1) is 12.0 Å². The van der Waals surface area contributed by atoms with Crippen LogP contribution in [-0.2, 0) is 10.5 Å². The third-order valence-corrected chi connectivity index (χ3v) is 4.47. The van der Waals surface area contributed by atoms with Gasteiger partial charge >= 0.3 is 0 Å². The van der Waals surface area contributed by atoms with Gasteiger partial charge in [0.15, 0.2) is 0 Å². The highest BCUT2D eigenvalue weighted by atomic mass is 79.9. The van der Waals surface area contributed by atoms with Crippen LogP contribution in [0.3, 0.4) is 0 Å². The third-order valence-electron chi connectivity index (χ3n) is 2.69. The lowest BCUT2D eigenvalue weighted by Crippen LogP contribution is -2.19. The SMILES string of the molecule is O=C(CSCc1ccc(Cl)cc1)NN=Cc1ccc(Br)cc1. The highest BCUT2D eigenvalue weighted by molar-refractivity contribution is 9.10. The predicted molar refractivity (Wildman–Crippen MR) is 97.5 cm³/mol. The van der Waals surface area contributed by atoms with Gasteiger partial charge in [-0.05, 0) is 35.4 Å². The van der Waals surface area contributed by atoms with Crippen molar-refractivity contribution in [2.45, 2.75) is 5.75 Å². The number of nitrogens with one attached hydrogen (secondary N) is 1. The van der Waals surface area contributed by atoms with E-state index < -0.39 is 0 Å². The maximum Gasteiger partial charge on any atom is 0.250 e. The summed E-state index contributed by atoms with van der Waals surface area (Å²) in [5.74, 6) is 1.01. The molecule has 0 atom stereocenters. The fourth-order valence-corrected chi connectivity index (χ4v) is 2.77. The smallest absolute Gasteiger partial charge is 0.250 e. The monoisotopic (exact) mass is 396 g/mol. The molecule has 0 bridgehead atoms. The molecular formula is C16H14BrClN2OS. The van der Waals surface area contributed by atoms with Crippen LogP contribution in [-0.4, -0.2) is 17.9 Å². The zero-order valence-electron chi connectivity index (χ0n) is 11.6. The number of nitrogens with zero attached hydrogens (tertiary/aromatic N) is 1. The maximum absolute atomic E-state index is 11.7. The van der Waals surface area contributed by atoms with E-state index in [9.17, 15) is 4.79 Å². The van der Waals surface area contributed by atoms with E-state index in [2.05, 4.69) is 26.5 Å². The molecule has 0 spiro atoms. The zero-order valence-corrected chi connectivity index (χ0v) is 14.8. The number of benzene rings is 2. The summed E-state index contributed by atoms with van der Waals surface area (Å²) in [7, 11) is 0. The van der Waals surface area contributed by atoms with Crippen molar-refractivity contribution in [2.75, 3.05) is 5.75 Å². The first kappa shape index (κ1) is 17.1. The van der Waals surface area contributed by atoms with E-state index in [0.29, 0.717) is 10.8 Å². The van der Waals surface area contributed by atoms with Crippen molar-refractivity contribution >= 4 is 51.4 Å². The topological polar surface area (TPSA) is 41.5 Å². The number of thioether (sulfide) groups is 1. The normalized spacial score (nSPS) is 10.8. The first-order chi connectivity index (χ1) is 10.6. The molecule has 3 nitrogen and oxygen atoms in total. The quantitative estimate of drug-likeness (QED) is 0.576. The highest BCUT2D eigenvalue weighted by Gasteiger charge is 2.00. The van der Waals surface area contributed by atoms with Crippen LogP contribution in [0.15, 0.2) is 58.1 Å². The summed E-state index contributed by atoms with van der Waals surface area (Å²) in [6.45, 7) is 0. The van der Waals surface area contributed by atoms with Crippen LogP contribution < -0.4 is 5.43 Å². The lowest BCUT2D eigenvalue weighted by atomic mass is 10.2.